The Labute approximate surface area is 185 Å². The number of anilines is 2. The fourth-order valence-corrected chi connectivity index (χ4v) is 2.75. The van der Waals surface area contributed by atoms with Crippen LogP contribution in [0.2, 0.25) is 0 Å². The van der Waals surface area contributed by atoms with Crippen LogP contribution in [0.4, 0.5) is 28.4 Å². The van der Waals surface area contributed by atoms with Gasteiger partial charge in [-0.05, 0) is 54.6 Å². The first kappa shape index (κ1) is 21.2. The third-order valence-electron chi connectivity index (χ3n) is 4.33. The molecule has 2 amide bonds. The Bertz CT molecular complexity index is 1310. The lowest BCUT2D eigenvalue weighted by Gasteiger charge is -2.10. The predicted octanol–water partition coefficient (Wildman–Crippen LogP) is 5.70. The number of benzene rings is 2. The van der Waals surface area contributed by atoms with E-state index in [2.05, 4.69) is 20.9 Å². The summed E-state index contributed by atoms with van der Waals surface area (Å²) in [6.45, 7) is 0. The first-order valence-corrected chi connectivity index (χ1v) is 9.49. The maximum atomic E-state index is 12.5. The minimum atomic E-state index is -0.527. The first-order chi connectivity index (χ1) is 16.0. The van der Waals surface area contributed by atoms with E-state index in [0.29, 0.717) is 11.4 Å². The van der Waals surface area contributed by atoms with Crippen LogP contribution in [0, 0.1) is 10.1 Å². The van der Waals surface area contributed by atoms with E-state index in [1.54, 1.807) is 24.3 Å². The van der Waals surface area contributed by atoms with E-state index in [0.717, 1.165) is 0 Å². The van der Waals surface area contributed by atoms with Gasteiger partial charge in [0.25, 0.3) is 17.5 Å². The van der Waals surface area contributed by atoms with Crippen molar-refractivity contribution in [3.05, 3.63) is 101 Å². The number of nitrogens with zero attached hydrogens (tertiary/aromatic N) is 3. The topological polar surface area (TPSA) is 152 Å². The molecular weight excluding hydrogens is 430 g/mol. The number of nitro benzene ring substituents is 1. The van der Waals surface area contributed by atoms with Gasteiger partial charge in [0.1, 0.15) is 5.69 Å². The minimum absolute atomic E-state index is 0.0722. The third kappa shape index (κ3) is 5.17. The molecule has 0 saturated carbocycles. The van der Waals surface area contributed by atoms with Crippen molar-refractivity contribution in [1.82, 2.24) is 0 Å². The number of hydrogen-bond acceptors (Lipinski definition) is 8. The molecule has 2 heterocycles. The Morgan fingerprint density at radius 1 is 0.818 bits per heavy atom. The summed E-state index contributed by atoms with van der Waals surface area (Å²) in [6.07, 6.45) is 2.75. The van der Waals surface area contributed by atoms with Gasteiger partial charge < -0.3 is 19.5 Å². The van der Waals surface area contributed by atoms with Crippen LogP contribution in [0.25, 0.3) is 0 Å². The Balaban J connectivity index is 1.60. The molecule has 0 aliphatic heterocycles. The maximum Gasteiger partial charge on any atom is 0.291 e. The zero-order valence-electron chi connectivity index (χ0n) is 16.8. The number of nitrogens with one attached hydrogen (secondary N) is 2. The Morgan fingerprint density at radius 3 is 2.03 bits per heavy atom. The molecule has 0 atom stereocenters. The smallest absolute Gasteiger partial charge is 0.291 e. The van der Waals surface area contributed by atoms with E-state index in [1.165, 1.54) is 55.0 Å². The highest BCUT2D eigenvalue weighted by Gasteiger charge is 2.14. The second-order valence-corrected chi connectivity index (χ2v) is 6.57. The van der Waals surface area contributed by atoms with Gasteiger partial charge in [0.05, 0.1) is 28.8 Å². The third-order valence-corrected chi connectivity index (χ3v) is 4.33. The predicted molar refractivity (Wildman–Crippen MR) is 117 cm³/mol. The van der Waals surface area contributed by atoms with Crippen LogP contribution in [-0.2, 0) is 0 Å². The molecule has 0 unspecified atom stereocenters. The zero-order chi connectivity index (χ0) is 23.2. The van der Waals surface area contributed by atoms with Crippen LogP contribution >= 0.6 is 0 Å². The van der Waals surface area contributed by atoms with Crippen molar-refractivity contribution in [2.24, 2.45) is 10.2 Å². The number of carbonyl (C=O) groups is 2. The highest BCUT2D eigenvalue weighted by molar-refractivity contribution is 6.06. The number of hydrogen-bond donors (Lipinski definition) is 2. The number of carbonyl (C=O) groups excluding carboxylic acids is 2. The standard InChI is InChI=1S/C22H15N5O6/c28-21(19-3-1-11-32-19)23-15-7-10-17(18(13-15)24-22(29)20-4-2-12-33-20)26-25-14-5-8-16(9-6-14)27(30)31/h1-13H,(H,23,28)(H,24,29)/b26-25+. The molecule has 0 fully saturated rings. The molecule has 0 saturated heterocycles. The Morgan fingerprint density at radius 2 is 1.45 bits per heavy atom. The molecule has 4 aromatic rings. The molecule has 0 aliphatic rings. The van der Waals surface area contributed by atoms with E-state index in [-0.39, 0.29) is 28.6 Å². The van der Waals surface area contributed by atoms with Gasteiger partial charge in [0.2, 0.25) is 0 Å². The second-order valence-electron chi connectivity index (χ2n) is 6.57. The molecule has 0 bridgehead atoms. The van der Waals surface area contributed by atoms with Crippen molar-refractivity contribution in [1.29, 1.82) is 0 Å². The Kier molecular flexibility index (Phi) is 6.03. The average molecular weight is 445 g/mol. The lowest BCUT2D eigenvalue weighted by molar-refractivity contribution is -0.384. The summed E-state index contributed by atoms with van der Waals surface area (Å²) in [6, 6.07) is 16.3. The summed E-state index contributed by atoms with van der Waals surface area (Å²) in [5.41, 5.74) is 1.21. The lowest BCUT2D eigenvalue weighted by atomic mass is 10.2. The maximum absolute atomic E-state index is 12.5. The van der Waals surface area contributed by atoms with Crippen molar-refractivity contribution in [3.63, 3.8) is 0 Å². The van der Waals surface area contributed by atoms with Crippen LogP contribution in [-0.4, -0.2) is 16.7 Å². The van der Waals surface area contributed by atoms with Crippen LogP contribution in [0.3, 0.4) is 0 Å². The largest absolute Gasteiger partial charge is 0.459 e. The number of azo groups is 1. The van der Waals surface area contributed by atoms with E-state index >= 15 is 0 Å². The molecule has 33 heavy (non-hydrogen) atoms. The summed E-state index contributed by atoms with van der Waals surface area (Å²) >= 11 is 0. The van der Waals surface area contributed by atoms with Crippen molar-refractivity contribution in [3.8, 4) is 0 Å². The monoisotopic (exact) mass is 445 g/mol. The first-order valence-electron chi connectivity index (χ1n) is 9.49. The lowest BCUT2D eigenvalue weighted by Crippen LogP contribution is -2.13. The van der Waals surface area contributed by atoms with Gasteiger partial charge in [-0.1, -0.05) is 0 Å². The highest BCUT2D eigenvalue weighted by atomic mass is 16.6. The molecule has 4 rings (SSSR count). The van der Waals surface area contributed by atoms with Crippen LogP contribution in [0.5, 0.6) is 0 Å². The van der Waals surface area contributed by atoms with Gasteiger partial charge in [-0.3, -0.25) is 19.7 Å². The van der Waals surface area contributed by atoms with E-state index in [1.807, 2.05) is 0 Å². The van der Waals surface area contributed by atoms with E-state index in [4.69, 9.17) is 8.83 Å². The van der Waals surface area contributed by atoms with Gasteiger partial charge >= 0.3 is 0 Å². The van der Waals surface area contributed by atoms with Gasteiger partial charge in [0, 0.05) is 17.8 Å². The second kappa shape index (κ2) is 9.39. The molecular formula is C22H15N5O6. The van der Waals surface area contributed by atoms with Crippen LogP contribution in [0.15, 0.2) is 98.3 Å². The summed E-state index contributed by atoms with van der Waals surface area (Å²) in [5.74, 6) is -0.791. The van der Waals surface area contributed by atoms with Crippen molar-refractivity contribution in [2.75, 3.05) is 10.6 Å². The fourth-order valence-electron chi connectivity index (χ4n) is 2.75. The molecule has 11 heteroatoms. The van der Waals surface area contributed by atoms with Gasteiger partial charge in [0.15, 0.2) is 11.5 Å². The highest BCUT2D eigenvalue weighted by Crippen LogP contribution is 2.31. The normalized spacial score (nSPS) is 10.8. The number of nitro groups is 1. The summed E-state index contributed by atoms with van der Waals surface area (Å²) < 4.78 is 10.2. The average Bonchev–Trinajstić information content (AvgIpc) is 3.53. The number of furan rings is 2. The van der Waals surface area contributed by atoms with Crippen LogP contribution < -0.4 is 10.6 Å². The zero-order valence-corrected chi connectivity index (χ0v) is 16.8. The molecule has 164 valence electrons. The van der Waals surface area contributed by atoms with Crippen LogP contribution in [0.1, 0.15) is 21.1 Å². The molecule has 2 aromatic carbocycles. The number of rotatable bonds is 7. The molecule has 0 spiro atoms. The number of non-ortho nitro benzene ring substituents is 1. The quantitative estimate of drug-likeness (QED) is 0.211. The molecule has 0 aliphatic carbocycles. The summed E-state index contributed by atoms with van der Waals surface area (Å²) in [4.78, 5) is 35.0. The molecule has 2 N–H and O–H groups in total. The van der Waals surface area contributed by atoms with Gasteiger partial charge in [-0.25, -0.2) is 0 Å². The van der Waals surface area contributed by atoms with Crippen molar-refractivity contribution in [2.45, 2.75) is 0 Å². The minimum Gasteiger partial charge on any atom is -0.459 e. The van der Waals surface area contributed by atoms with Gasteiger partial charge in [-0.2, -0.15) is 5.11 Å². The van der Waals surface area contributed by atoms with Crippen molar-refractivity contribution >= 4 is 40.3 Å². The SMILES string of the molecule is O=C(Nc1ccc(/N=N/c2ccc([N+](=O)[O-])cc2)c(NC(=O)c2ccco2)c1)c1ccco1. The Hall–Kier alpha value is -5.06. The molecule has 11 nitrogen and oxygen atoms in total. The van der Waals surface area contributed by atoms with E-state index < -0.39 is 16.7 Å². The number of amides is 2. The summed E-state index contributed by atoms with van der Waals surface area (Å²) in [7, 11) is 0. The fraction of sp³-hybridized carbons (Fsp3) is 0. The molecule has 2 aromatic heterocycles. The van der Waals surface area contributed by atoms with E-state index in [9.17, 15) is 19.7 Å². The van der Waals surface area contributed by atoms with Crippen molar-refractivity contribution < 1.29 is 23.3 Å². The summed E-state index contributed by atoms with van der Waals surface area (Å²) in [5, 5.41) is 24.3. The van der Waals surface area contributed by atoms with Gasteiger partial charge in [-0.15, -0.1) is 5.11 Å². The molecule has 0 radical (unpaired) electrons.